The molecule has 0 unspecified atom stereocenters. The first-order chi connectivity index (χ1) is 10.6. The summed E-state index contributed by atoms with van der Waals surface area (Å²) in [7, 11) is 0. The van der Waals surface area contributed by atoms with Crippen molar-refractivity contribution in [2.45, 2.75) is 25.7 Å². The number of carboxylic acid groups (broad SMARTS) is 1. The lowest BCUT2D eigenvalue weighted by Crippen LogP contribution is -2.50. The van der Waals surface area contributed by atoms with Gasteiger partial charge in [-0.15, -0.1) is 0 Å². The number of carbonyl (C=O) groups excluding carboxylic acids is 3. The number of hydrogen-bond acceptors (Lipinski definition) is 4. The van der Waals surface area contributed by atoms with Gasteiger partial charge in [0.1, 0.15) is 0 Å². The summed E-state index contributed by atoms with van der Waals surface area (Å²) in [6.45, 7) is 0. The fraction of sp³-hybridized carbons (Fsp3) is 0.400. The van der Waals surface area contributed by atoms with Crippen LogP contribution in [0.15, 0.2) is 30.3 Å². The van der Waals surface area contributed by atoms with Gasteiger partial charge in [0.2, 0.25) is 5.91 Å². The minimum Gasteiger partial charge on any atom is -0.550 e. The normalized spacial score (nSPS) is 20.7. The molecule has 1 aliphatic carbocycles. The van der Waals surface area contributed by atoms with Crippen LogP contribution in [0.1, 0.15) is 25.7 Å². The summed E-state index contributed by atoms with van der Waals surface area (Å²) in [6, 6.07) is 8.15. The topological polar surface area (TPSA) is 110 Å². The highest BCUT2D eigenvalue weighted by atomic mass is 16.4. The number of carbonyl (C=O) groups is 3. The van der Waals surface area contributed by atoms with E-state index in [-0.39, 0.29) is 0 Å². The molecule has 0 heterocycles. The van der Waals surface area contributed by atoms with Crippen LogP contribution in [-0.2, 0) is 9.59 Å². The van der Waals surface area contributed by atoms with E-state index in [9.17, 15) is 19.5 Å². The molecule has 0 saturated heterocycles. The summed E-state index contributed by atoms with van der Waals surface area (Å²) < 4.78 is 0. The molecule has 3 amide bonds. The van der Waals surface area contributed by atoms with Crippen LogP contribution in [0.5, 0.6) is 0 Å². The standard InChI is InChI=1S/C15H19N3O4/c19-13(11-8-4-5-9-12(11)14(20)21)17-18-15(22)16-10-6-2-1-3-7-10/h1-3,6-7,11-12H,4-5,8-9H2,(H,17,19)(H,20,21)(H2,16,18,22)/p-1/t11-,12-/m0/s1. The zero-order valence-corrected chi connectivity index (χ0v) is 12.0. The van der Waals surface area contributed by atoms with E-state index in [1.165, 1.54) is 0 Å². The molecule has 1 aliphatic rings. The van der Waals surface area contributed by atoms with E-state index in [2.05, 4.69) is 16.2 Å². The van der Waals surface area contributed by atoms with Crippen LogP contribution in [0.25, 0.3) is 0 Å². The Morgan fingerprint density at radius 3 is 2.23 bits per heavy atom. The second-order valence-electron chi connectivity index (χ2n) is 5.25. The number of para-hydroxylation sites is 1. The molecule has 2 atom stereocenters. The molecule has 22 heavy (non-hydrogen) atoms. The Morgan fingerprint density at radius 2 is 1.59 bits per heavy atom. The Balaban J connectivity index is 1.83. The first kappa shape index (κ1) is 15.8. The van der Waals surface area contributed by atoms with Gasteiger partial charge in [-0.3, -0.25) is 10.2 Å². The molecule has 7 heteroatoms. The number of amides is 3. The SMILES string of the molecule is O=C(NNC(=O)[C@H]1CCCC[C@@H]1C(=O)[O-])Nc1ccccc1. The van der Waals surface area contributed by atoms with Gasteiger partial charge in [0.15, 0.2) is 0 Å². The number of urea groups is 1. The summed E-state index contributed by atoms with van der Waals surface area (Å²) in [6.07, 6.45) is 2.46. The minimum atomic E-state index is -1.21. The second kappa shape index (κ2) is 7.44. The molecule has 2 rings (SSSR count). The maximum Gasteiger partial charge on any atom is 0.337 e. The highest BCUT2D eigenvalue weighted by Gasteiger charge is 2.31. The van der Waals surface area contributed by atoms with Crippen LogP contribution in [0.2, 0.25) is 0 Å². The van der Waals surface area contributed by atoms with Gasteiger partial charge in [-0.2, -0.15) is 0 Å². The van der Waals surface area contributed by atoms with Crippen molar-refractivity contribution in [3.8, 4) is 0 Å². The molecule has 1 fully saturated rings. The van der Waals surface area contributed by atoms with Crippen LogP contribution in [0, 0.1) is 11.8 Å². The average molecular weight is 304 g/mol. The van der Waals surface area contributed by atoms with Gasteiger partial charge in [-0.1, -0.05) is 31.0 Å². The zero-order chi connectivity index (χ0) is 15.9. The van der Waals surface area contributed by atoms with Gasteiger partial charge >= 0.3 is 6.03 Å². The number of hydrazine groups is 1. The number of hydrogen-bond donors (Lipinski definition) is 3. The zero-order valence-electron chi connectivity index (χ0n) is 12.0. The molecular weight excluding hydrogens is 286 g/mol. The predicted molar refractivity (Wildman–Crippen MR) is 77.2 cm³/mol. The minimum absolute atomic E-state index is 0.427. The largest absolute Gasteiger partial charge is 0.550 e. The van der Waals surface area contributed by atoms with Gasteiger partial charge in [0, 0.05) is 23.5 Å². The van der Waals surface area contributed by atoms with Crippen molar-refractivity contribution in [2.75, 3.05) is 5.32 Å². The lowest BCUT2D eigenvalue weighted by atomic mass is 9.79. The lowest BCUT2D eigenvalue weighted by Gasteiger charge is -2.31. The summed E-state index contributed by atoms with van der Waals surface area (Å²) in [5.41, 5.74) is 5.07. The van der Waals surface area contributed by atoms with E-state index in [1.54, 1.807) is 24.3 Å². The quantitative estimate of drug-likeness (QED) is 0.702. The van der Waals surface area contributed by atoms with E-state index in [0.717, 1.165) is 12.8 Å². The molecule has 0 bridgehead atoms. The summed E-state index contributed by atoms with van der Waals surface area (Å²) in [5, 5.41) is 13.6. The fourth-order valence-corrected chi connectivity index (χ4v) is 2.62. The molecule has 3 N–H and O–H groups in total. The van der Waals surface area contributed by atoms with Gasteiger partial charge < -0.3 is 15.2 Å². The van der Waals surface area contributed by atoms with E-state index in [0.29, 0.717) is 18.5 Å². The molecule has 7 nitrogen and oxygen atoms in total. The van der Waals surface area contributed by atoms with E-state index >= 15 is 0 Å². The molecule has 0 aromatic heterocycles. The van der Waals surface area contributed by atoms with Crippen LogP contribution in [-0.4, -0.2) is 17.9 Å². The summed E-state index contributed by atoms with van der Waals surface area (Å²) in [4.78, 5) is 34.7. The molecule has 0 radical (unpaired) electrons. The number of carboxylic acids is 1. The number of benzene rings is 1. The van der Waals surface area contributed by atoms with E-state index < -0.39 is 29.7 Å². The molecule has 118 valence electrons. The van der Waals surface area contributed by atoms with E-state index in [1.807, 2.05) is 6.07 Å². The molecule has 0 aliphatic heterocycles. The average Bonchev–Trinajstić information content (AvgIpc) is 2.53. The van der Waals surface area contributed by atoms with Gasteiger partial charge in [-0.25, -0.2) is 10.2 Å². The van der Waals surface area contributed by atoms with Crippen molar-refractivity contribution >= 4 is 23.6 Å². The Kier molecular flexibility index (Phi) is 5.35. The molecular formula is C15H18N3O4-. The number of anilines is 1. The van der Waals surface area contributed by atoms with Crippen LogP contribution >= 0.6 is 0 Å². The first-order valence-electron chi connectivity index (χ1n) is 7.20. The van der Waals surface area contributed by atoms with Crippen LogP contribution in [0.3, 0.4) is 0 Å². The van der Waals surface area contributed by atoms with Crippen molar-refractivity contribution < 1.29 is 19.5 Å². The third kappa shape index (κ3) is 4.21. The number of aliphatic carboxylic acids is 1. The molecule has 0 spiro atoms. The van der Waals surface area contributed by atoms with Gasteiger partial charge in [-0.05, 0) is 25.0 Å². The molecule has 1 saturated carbocycles. The number of rotatable bonds is 3. The summed E-state index contributed by atoms with van der Waals surface area (Å²) in [5.74, 6) is -3.19. The van der Waals surface area contributed by atoms with Crippen LogP contribution < -0.4 is 21.3 Å². The molecule has 1 aromatic rings. The maximum absolute atomic E-state index is 12.0. The third-order valence-corrected chi connectivity index (χ3v) is 3.74. The second-order valence-corrected chi connectivity index (χ2v) is 5.25. The lowest BCUT2D eigenvalue weighted by molar-refractivity contribution is -0.314. The maximum atomic E-state index is 12.0. The fourth-order valence-electron chi connectivity index (χ4n) is 2.62. The van der Waals surface area contributed by atoms with Crippen molar-refractivity contribution in [1.82, 2.24) is 10.9 Å². The highest BCUT2D eigenvalue weighted by Crippen LogP contribution is 2.29. The number of nitrogens with one attached hydrogen (secondary N) is 3. The Bertz CT molecular complexity index is 547. The monoisotopic (exact) mass is 304 g/mol. The van der Waals surface area contributed by atoms with Crippen LogP contribution in [0.4, 0.5) is 10.5 Å². The van der Waals surface area contributed by atoms with Crippen molar-refractivity contribution in [3.05, 3.63) is 30.3 Å². The Hall–Kier alpha value is -2.57. The third-order valence-electron chi connectivity index (χ3n) is 3.74. The van der Waals surface area contributed by atoms with Gasteiger partial charge in [0.25, 0.3) is 0 Å². The van der Waals surface area contributed by atoms with Crippen molar-refractivity contribution in [3.63, 3.8) is 0 Å². The van der Waals surface area contributed by atoms with Crippen molar-refractivity contribution in [2.24, 2.45) is 11.8 Å². The smallest absolute Gasteiger partial charge is 0.337 e. The molecule has 1 aromatic carbocycles. The Morgan fingerprint density at radius 1 is 0.955 bits per heavy atom. The predicted octanol–water partition coefficient (Wildman–Crippen LogP) is 0.396. The van der Waals surface area contributed by atoms with Crippen molar-refractivity contribution in [1.29, 1.82) is 0 Å². The Labute approximate surface area is 128 Å². The van der Waals surface area contributed by atoms with E-state index in [4.69, 9.17) is 0 Å². The summed E-state index contributed by atoms with van der Waals surface area (Å²) >= 11 is 0. The highest BCUT2D eigenvalue weighted by molar-refractivity contribution is 5.91. The van der Waals surface area contributed by atoms with Gasteiger partial charge in [0.05, 0.1) is 0 Å². The first-order valence-corrected chi connectivity index (χ1v) is 7.20.